The minimum Gasteiger partial charge on any atom is -0.370 e. The number of hydrogen-bond donors (Lipinski definition) is 1. The summed E-state index contributed by atoms with van der Waals surface area (Å²) in [5, 5.41) is 3.39. The van der Waals surface area contributed by atoms with Crippen LogP contribution in [0.1, 0.15) is 49.8 Å². The third-order valence-electron chi connectivity index (χ3n) is 5.51. The molecule has 2 atom stereocenters. The molecule has 132 valence electrons. The normalized spacial score (nSPS) is 25.7. The van der Waals surface area contributed by atoms with Gasteiger partial charge in [0.1, 0.15) is 6.10 Å². The van der Waals surface area contributed by atoms with Gasteiger partial charge in [-0.3, -0.25) is 4.79 Å². The summed E-state index contributed by atoms with van der Waals surface area (Å²) in [6, 6.07) is 8.50. The average Bonchev–Trinajstić information content (AvgIpc) is 2.61. The Hall–Kier alpha value is -1.39. The van der Waals surface area contributed by atoms with Crippen molar-refractivity contribution in [3.63, 3.8) is 0 Å². The van der Waals surface area contributed by atoms with E-state index in [1.807, 2.05) is 17.0 Å². The molecule has 0 saturated carbocycles. The van der Waals surface area contributed by atoms with Crippen LogP contribution in [0.3, 0.4) is 0 Å². The van der Waals surface area contributed by atoms with Crippen molar-refractivity contribution in [1.29, 1.82) is 0 Å². The monoisotopic (exact) mass is 330 g/mol. The quantitative estimate of drug-likeness (QED) is 0.922. The van der Waals surface area contributed by atoms with Crippen molar-refractivity contribution < 1.29 is 9.53 Å². The van der Waals surface area contributed by atoms with Gasteiger partial charge >= 0.3 is 0 Å². The highest BCUT2D eigenvalue weighted by atomic mass is 16.5. The van der Waals surface area contributed by atoms with Crippen LogP contribution in [0.5, 0.6) is 0 Å². The van der Waals surface area contributed by atoms with E-state index in [0.29, 0.717) is 31.4 Å². The van der Waals surface area contributed by atoms with E-state index >= 15 is 0 Å². The lowest BCUT2D eigenvalue weighted by atomic mass is 9.92. The van der Waals surface area contributed by atoms with Gasteiger partial charge in [-0.05, 0) is 63.2 Å². The molecule has 0 radical (unpaired) electrons. The second-order valence-corrected chi connectivity index (χ2v) is 7.31. The Morgan fingerprint density at radius 1 is 1.29 bits per heavy atom. The number of aryl methyl sites for hydroxylation is 1. The van der Waals surface area contributed by atoms with Crippen LogP contribution in [0.25, 0.3) is 0 Å². The van der Waals surface area contributed by atoms with Crippen LogP contribution < -0.4 is 5.32 Å². The first-order valence-electron chi connectivity index (χ1n) is 9.32. The zero-order valence-electron chi connectivity index (χ0n) is 15.0. The van der Waals surface area contributed by atoms with Gasteiger partial charge in [0.15, 0.2) is 0 Å². The molecule has 2 heterocycles. The predicted octanol–water partition coefficient (Wildman–Crippen LogP) is 3.06. The molecule has 0 aromatic heterocycles. The van der Waals surface area contributed by atoms with Crippen LogP contribution in [0, 0.1) is 12.8 Å². The summed E-state index contributed by atoms with van der Waals surface area (Å²) >= 11 is 0. The minimum atomic E-state index is 0.00484. The van der Waals surface area contributed by atoms with E-state index in [2.05, 4.69) is 31.3 Å². The number of carbonyl (C=O) groups is 1. The number of amides is 1. The molecule has 4 nitrogen and oxygen atoms in total. The molecule has 0 spiro atoms. The van der Waals surface area contributed by atoms with Gasteiger partial charge in [-0.1, -0.05) is 24.3 Å². The van der Waals surface area contributed by atoms with E-state index in [-0.39, 0.29) is 12.1 Å². The van der Waals surface area contributed by atoms with Crippen molar-refractivity contribution in [2.45, 2.75) is 51.7 Å². The number of rotatable bonds is 4. The molecular weight excluding hydrogens is 300 g/mol. The Balaban J connectivity index is 1.58. The molecule has 0 unspecified atom stereocenters. The summed E-state index contributed by atoms with van der Waals surface area (Å²) in [6.45, 7) is 7.70. The summed E-state index contributed by atoms with van der Waals surface area (Å²) in [7, 11) is 0. The Labute approximate surface area is 145 Å². The molecule has 0 bridgehead atoms. The predicted molar refractivity (Wildman–Crippen MR) is 95.9 cm³/mol. The second-order valence-electron chi connectivity index (χ2n) is 7.31. The van der Waals surface area contributed by atoms with E-state index in [4.69, 9.17) is 4.74 Å². The van der Waals surface area contributed by atoms with E-state index in [9.17, 15) is 4.79 Å². The number of ether oxygens (including phenoxy) is 1. The van der Waals surface area contributed by atoms with Gasteiger partial charge < -0.3 is 15.0 Å². The maximum atomic E-state index is 12.8. The summed E-state index contributed by atoms with van der Waals surface area (Å²) in [5.41, 5.74) is 2.44. The third kappa shape index (κ3) is 4.17. The third-order valence-corrected chi connectivity index (χ3v) is 5.51. The zero-order valence-corrected chi connectivity index (χ0v) is 15.0. The highest BCUT2D eigenvalue weighted by molar-refractivity contribution is 5.76. The molecule has 1 amide bonds. The number of hydrogen-bond acceptors (Lipinski definition) is 3. The molecule has 1 N–H and O–H groups in total. The van der Waals surface area contributed by atoms with Gasteiger partial charge in [0.2, 0.25) is 5.91 Å². The zero-order chi connectivity index (χ0) is 16.9. The fourth-order valence-corrected chi connectivity index (χ4v) is 3.88. The largest absolute Gasteiger partial charge is 0.370 e. The summed E-state index contributed by atoms with van der Waals surface area (Å²) in [5.74, 6) is 1.00. The number of morpholine rings is 1. The van der Waals surface area contributed by atoms with Gasteiger partial charge in [-0.15, -0.1) is 0 Å². The molecule has 2 aliphatic heterocycles. The lowest BCUT2D eigenvalue weighted by Crippen LogP contribution is -2.48. The van der Waals surface area contributed by atoms with Crippen molar-refractivity contribution in [3.8, 4) is 0 Å². The van der Waals surface area contributed by atoms with Gasteiger partial charge in [0.25, 0.3) is 0 Å². The molecule has 1 aromatic carbocycles. The molecule has 2 fully saturated rings. The van der Waals surface area contributed by atoms with Gasteiger partial charge in [0.05, 0.1) is 19.2 Å². The summed E-state index contributed by atoms with van der Waals surface area (Å²) in [4.78, 5) is 14.8. The fraction of sp³-hybridized carbons (Fsp3) is 0.650. The first-order valence-corrected chi connectivity index (χ1v) is 9.32. The van der Waals surface area contributed by atoms with Crippen molar-refractivity contribution in [1.82, 2.24) is 10.2 Å². The molecule has 2 aliphatic rings. The number of carbonyl (C=O) groups excluding carboxylic acids is 1. The topological polar surface area (TPSA) is 41.6 Å². The number of piperidine rings is 1. The van der Waals surface area contributed by atoms with E-state index in [1.165, 1.54) is 24.0 Å². The maximum Gasteiger partial charge on any atom is 0.222 e. The standard InChI is InChI=1S/C20H30N2O2/c1-15-5-3-4-6-18(15)19-13-22(16(2)14-24-19)20(23)8-7-17-9-11-21-12-10-17/h3-6,16-17,19,21H,7-14H2,1-2H3/t16-,19-/m1/s1. The van der Waals surface area contributed by atoms with Gasteiger partial charge in [0, 0.05) is 6.42 Å². The molecule has 2 saturated heterocycles. The van der Waals surface area contributed by atoms with Crippen molar-refractivity contribution in [2.24, 2.45) is 5.92 Å². The highest BCUT2D eigenvalue weighted by Crippen LogP contribution is 2.28. The SMILES string of the molecule is Cc1ccccc1[C@H]1CN(C(=O)CCC2CCNCC2)[C@H](C)CO1. The Bertz CT molecular complexity index is 554. The van der Waals surface area contributed by atoms with Crippen LogP contribution in [-0.2, 0) is 9.53 Å². The minimum absolute atomic E-state index is 0.00484. The number of benzene rings is 1. The van der Waals surface area contributed by atoms with E-state index < -0.39 is 0 Å². The van der Waals surface area contributed by atoms with E-state index in [0.717, 1.165) is 19.5 Å². The Morgan fingerprint density at radius 3 is 2.79 bits per heavy atom. The smallest absolute Gasteiger partial charge is 0.222 e. The van der Waals surface area contributed by atoms with Crippen LogP contribution in [0.2, 0.25) is 0 Å². The van der Waals surface area contributed by atoms with Crippen molar-refractivity contribution in [3.05, 3.63) is 35.4 Å². The number of nitrogens with one attached hydrogen (secondary N) is 1. The van der Waals surface area contributed by atoms with Crippen molar-refractivity contribution >= 4 is 5.91 Å². The Kier molecular flexibility index (Phi) is 5.90. The second kappa shape index (κ2) is 8.13. The Morgan fingerprint density at radius 2 is 2.04 bits per heavy atom. The molecule has 0 aliphatic carbocycles. The fourth-order valence-electron chi connectivity index (χ4n) is 3.88. The van der Waals surface area contributed by atoms with Crippen LogP contribution in [0.4, 0.5) is 0 Å². The molecular formula is C20H30N2O2. The molecule has 24 heavy (non-hydrogen) atoms. The van der Waals surface area contributed by atoms with Gasteiger partial charge in [-0.2, -0.15) is 0 Å². The van der Waals surface area contributed by atoms with E-state index in [1.54, 1.807) is 0 Å². The van der Waals surface area contributed by atoms with Crippen molar-refractivity contribution in [2.75, 3.05) is 26.2 Å². The summed E-state index contributed by atoms with van der Waals surface area (Å²) < 4.78 is 6.03. The maximum absolute atomic E-state index is 12.8. The lowest BCUT2D eigenvalue weighted by molar-refractivity contribution is -0.144. The van der Waals surface area contributed by atoms with Crippen LogP contribution >= 0.6 is 0 Å². The lowest BCUT2D eigenvalue weighted by Gasteiger charge is -2.39. The van der Waals surface area contributed by atoms with Crippen LogP contribution in [0.15, 0.2) is 24.3 Å². The number of nitrogens with zero attached hydrogens (tertiary/aromatic N) is 1. The highest BCUT2D eigenvalue weighted by Gasteiger charge is 2.31. The molecule has 1 aromatic rings. The summed E-state index contributed by atoms with van der Waals surface area (Å²) in [6.07, 6.45) is 4.12. The average molecular weight is 330 g/mol. The first-order chi connectivity index (χ1) is 11.6. The molecule has 3 rings (SSSR count). The van der Waals surface area contributed by atoms with Gasteiger partial charge in [-0.25, -0.2) is 0 Å². The first kappa shape index (κ1) is 17.4. The van der Waals surface area contributed by atoms with Crippen LogP contribution in [-0.4, -0.2) is 43.1 Å². The molecule has 4 heteroatoms.